The molecular weight excluding hydrogens is 382 g/mol. The molecule has 0 spiro atoms. The molecule has 1 unspecified atom stereocenters. The van der Waals surface area contributed by atoms with Gasteiger partial charge in [-0.25, -0.2) is 4.79 Å². The molecule has 0 radical (unpaired) electrons. The summed E-state index contributed by atoms with van der Waals surface area (Å²) in [5.74, 6) is -1.11. The molecule has 0 aliphatic heterocycles. The lowest BCUT2D eigenvalue weighted by molar-refractivity contribution is -0.147. The molecule has 0 heterocycles. The maximum atomic E-state index is 12.5. The zero-order valence-electron chi connectivity index (χ0n) is 17.6. The summed E-state index contributed by atoms with van der Waals surface area (Å²) in [5.41, 5.74) is 2.02. The Kier molecular flexibility index (Phi) is 8.87. The number of hydrogen-bond acceptors (Lipinski definition) is 4. The predicted molar refractivity (Wildman–Crippen MR) is 116 cm³/mol. The Hall–Kier alpha value is -3.35. The number of nitrogens with one attached hydrogen (secondary N) is 3. The maximum Gasteiger partial charge on any atom is 0.319 e. The average molecular weight is 412 g/mol. The lowest BCUT2D eigenvalue weighted by Gasteiger charge is -2.16. The van der Waals surface area contributed by atoms with Crippen molar-refractivity contribution in [1.82, 2.24) is 10.6 Å². The standard InChI is InChI=1S/C23H29N3O4/c1-4-30-22(28)19(14-17-8-6-5-7-9-17)15-24-21(27)18-10-12-20(13-11-18)26-23(29)25-16(2)3/h5-13,16,19H,4,14-15H2,1-3H3,(H,24,27)(H2,25,26,29). The van der Waals surface area contributed by atoms with Crippen LogP contribution in [0.3, 0.4) is 0 Å². The third kappa shape index (κ3) is 7.58. The summed E-state index contributed by atoms with van der Waals surface area (Å²) in [6.07, 6.45) is 0.480. The van der Waals surface area contributed by atoms with Crippen molar-refractivity contribution in [3.63, 3.8) is 0 Å². The van der Waals surface area contributed by atoms with Crippen LogP contribution in [0.25, 0.3) is 0 Å². The number of esters is 1. The Morgan fingerprint density at radius 3 is 2.23 bits per heavy atom. The maximum absolute atomic E-state index is 12.5. The largest absolute Gasteiger partial charge is 0.466 e. The molecule has 7 heteroatoms. The van der Waals surface area contributed by atoms with Crippen molar-refractivity contribution in [3.8, 4) is 0 Å². The van der Waals surface area contributed by atoms with Crippen LogP contribution in [-0.4, -0.2) is 37.1 Å². The molecule has 0 saturated carbocycles. The van der Waals surface area contributed by atoms with Crippen LogP contribution in [0.2, 0.25) is 0 Å². The van der Waals surface area contributed by atoms with Crippen LogP contribution in [0.5, 0.6) is 0 Å². The molecule has 7 nitrogen and oxygen atoms in total. The summed E-state index contributed by atoms with van der Waals surface area (Å²) in [7, 11) is 0. The molecule has 0 aliphatic rings. The number of rotatable bonds is 9. The van der Waals surface area contributed by atoms with Gasteiger partial charge in [0, 0.05) is 23.8 Å². The number of carbonyl (C=O) groups excluding carboxylic acids is 3. The second-order valence-electron chi connectivity index (χ2n) is 7.18. The first-order valence-electron chi connectivity index (χ1n) is 10.0. The minimum absolute atomic E-state index is 0.0262. The molecule has 0 fully saturated rings. The van der Waals surface area contributed by atoms with Crippen molar-refractivity contribution in [3.05, 3.63) is 65.7 Å². The number of ether oxygens (including phenoxy) is 1. The summed E-state index contributed by atoms with van der Waals surface area (Å²) in [6, 6.07) is 15.9. The molecule has 30 heavy (non-hydrogen) atoms. The Balaban J connectivity index is 1.95. The van der Waals surface area contributed by atoms with E-state index in [1.165, 1.54) is 0 Å². The smallest absolute Gasteiger partial charge is 0.319 e. The molecule has 0 aromatic heterocycles. The van der Waals surface area contributed by atoms with Gasteiger partial charge in [-0.1, -0.05) is 30.3 Å². The van der Waals surface area contributed by atoms with Crippen LogP contribution in [-0.2, 0) is 16.0 Å². The molecule has 3 amide bonds. The van der Waals surface area contributed by atoms with E-state index >= 15 is 0 Å². The van der Waals surface area contributed by atoms with Gasteiger partial charge in [-0.05, 0) is 57.0 Å². The minimum Gasteiger partial charge on any atom is -0.466 e. The summed E-state index contributed by atoms with van der Waals surface area (Å²) in [4.78, 5) is 36.5. The lowest BCUT2D eigenvalue weighted by atomic mass is 9.99. The number of anilines is 1. The fourth-order valence-electron chi connectivity index (χ4n) is 2.85. The van der Waals surface area contributed by atoms with E-state index in [1.54, 1.807) is 31.2 Å². The van der Waals surface area contributed by atoms with Crippen molar-refractivity contribution in [2.45, 2.75) is 33.2 Å². The Bertz CT molecular complexity index is 835. The molecule has 1 atom stereocenters. The summed E-state index contributed by atoms with van der Waals surface area (Å²) >= 11 is 0. The highest BCUT2D eigenvalue weighted by atomic mass is 16.5. The van der Waals surface area contributed by atoms with E-state index in [1.807, 2.05) is 44.2 Å². The molecule has 2 aromatic rings. The summed E-state index contributed by atoms with van der Waals surface area (Å²) in [5, 5.41) is 8.24. The first kappa shape index (κ1) is 22.9. The van der Waals surface area contributed by atoms with Crippen LogP contribution in [0.4, 0.5) is 10.5 Å². The highest BCUT2D eigenvalue weighted by molar-refractivity contribution is 5.95. The van der Waals surface area contributed by atoms with Crippen LogP contribution >= 0.6 is 0 Å². The van der Waals surface area contributed by atoms with Gasteiger partial charge >= 0.3 is 12.0 Å². The zero-order chi connectivity index (χ0) is 21.9. The SMILES string of the molecule is CCOC(=O)C(CNC(=O)c1ccc(NC(=O)NC(C)C)cc1)Cc1ccccc1. The number of hydrogen-bond donors (Lipinski definition) is 3. The monoisotopic (exact) mass is 411 g/mol. The van der Waals surface area contributed by atoms with Gasteiger partial charge in [-0.3, -0.25) is 9.59 Å². The third-order valence-corrected chi connectivity index (χ3v) is 4.28. The minimum atomic E-state index is -0.475. The molecule has 2 rings (SSSR count). The summed E-state index contributed by atoms with van der Waals surface area (Å²) < 4.78 is 5.16. The van der Waals surface area contributed by atoms with Crippen LogP contribution in [0.15, 0.2) is 54.6 Å². The third-order valence-electron chi connectivity index (χ3n) is 4.28. The van der Waals surface area contributed by atoms with E-state index in [0.717, 1.165) is 5.56 Å². The van der Waals surface area contributed by atoms with E-state index < -0.39 is 5.92 Å². The Morgan fingerprint density at radius 1 is 0.967 bits per heavy atom. The Morgan fingerprint density at radius 2 is 1.63 bits per heavy atom. The normalized spacial score (nSPS) is 11.5. The molecule has 0 saturated heterocycles. The topological polar surface area (TPSA) is 96.5 Å². The number of urea groups is 1. The van der Waals surface area contributed by atoms with Gasteiger partial charge in [0.2, 0.25) is 0 Å². The molecule has 2 aromatic carbocycles. The van der Waals surface area contributed by atoms with Crippen molar-refractivity contribution >= 4 is 23.6 Å². The molecule has 160 valence electrons. The van der Waals surface area contributed by atoms with Crippen molar-refractivity contribution in [2.75, 3.05) is 18.5 Å². The summed E-state index contributed by atoms with van der Waals surface area (Å²) in [6.45, 7) is 5.95. The van der Waals surface area contributed by atoms with Gasteiger partial charge < -0.3 is 20.7 Å². The van der Waals surface area contributed by atoms with E-state index in [9.17, 15) is 14.4 Å². The van der Waals surface area contributed by atoms with E-state index in [2.05, 4.69) is 16.0 Å². The molecule has 0 aliphatic carbocycles. The molecule has 0 bridgehead atoms. The van der Waals surface area contributed by atoms with Gasteiger partial charge in [0.1, 0.15) is 0 Å². The van der Waals surface area contributed by atoms with Gasteiger partial charge in [0.25, 0.3) is 5.91 Å². The predicted octanol–water partition coefficient (Wildman–Crippen LogP) is 3.37. The van der Waals surface area contributed by atoms with Gasteiger partial charge in [0.05, 0.1) is 12.5 Å². The number of carbonyl (C=O) groups is 3. The van der Waals surface area contributed by atoms with E-state index in [4.69, 9.17) is 4.74 Å². The number of benzene rings is 2. The van der Waals surface area contributed by atoms with Crippen LogP contribution < -0.4 is 16.0 Å². The van der Waals surface area contributed by atoms with Gasteiger partial charge in [0.15, 0.2) is 0 Å². The fraction of sp³-hybridized carbons (Fsp3) is 0.348. The zero-order valence-corrected chi connectivity index (χ0v) is 17.6. The second-order valence-corrected chi connectivity index (χ2v) is 7.18. The van der Waals surface area contributed by atoms with Gasteiger partial charge in [-0.15, -0.1) is 0 Å². The van der Waals surface area contributed by atoms with E-state index in [-0.39, 0.29) is 37.1 Å². The first-order valence-corrected chi connectivity index (χ1v) is 10.0. The molecular formula is C23H29N3O4. The van der Waals surface area contributed by atoms with Gasteiger partial charge in [-0.2, -0.15) is 0 Å². The Labute approximate surface area is 177 Å². The first-order chi connectivity index (χ1) is 14.4. The van der Waals surface area contributed by atoms with Crippen molar-refractivity contribution in [2.24, 2.45) is 5.92 Å². The van der Waals surface area contributed by atoms with Crippen LogP contribution in [0, 0.1) is 5.92 Å². The highest BCUT2D eigenvalue weighted by Crippen LogP contribution is 2.12. The number of amides is 3. The second kappa shape index (κ2) is 11.6. The quantitative estimate of drug-likeness (QED) is 0.551. The van der Waals surface area contributed by atoms with Crippen LogP contribution in [0.1, 0.15) is 36.7 Å². The van der Waals surface area contributed by atoms with Crippen molar-refractivity contribution in [1.29, 1.82) is 0 Å². The average Bonchev–Trinajstić information content (AvgIpc) is 2.71. The fourth-order valence-corrected chi connectivity index (χ4v) is 2.85. The van der Waals surface area contributed by atoms with Crippen molar-refractivity contribution < 1.29 is 19.1 Å². The lowest BCUT2D eigenvalue weighted by Crippen LogP contribution is -2.35. The van der Waals surface area contributed by atoms with E-state index in [0.29, 0.717) is 17.7 Å². The highest BCUT2D eigenvalue weighted by Gasteiger charge is 2.21. The molecule has 3 N–H and O–H groups in total.